The zero-order chi connectivity index (χ0) is 35.6. The zero-order valence-electron chi connectivity index (χ0n) is 25.3. The zero-order valence-corrected chi connectivity index (χ0v) is 31.4. The highest BCUT2D eigenvalue weighted by atomic mass is 127. The Morgan fingerprint density at radius 3 is 1.83 bits per heavy atom. The third kappa shape index (κ3) is 16.8. The number of ether oxygens (including phenoxy) is 1. The summed E-state index contributed by atoms with van der Waals surface area (Å²) in [6, 6.07) is 9.73. The van der Waals surface area contributed by atoms with Crippen LogP contribution in [0.3, 0.4) is 0 Å². The summed E-state index contributed by atoms with van der Waals surface area (Å²) < 4.78 is 18.5. The number of amides is 1. The number of thiophene rings is 1. The molecular weight excluding hydrogens is 870 g/mol. The Hall–Kier alpha value is -5.35. The Labute approximate surface area is 318 Å². The fraction of sp³-hybridized carbons (Fsp3) is 0.111. The van der Waals surface area contributed by atoms with E-state index in [1.165, 1.54) is 11.3 Å². The number of thiol groups is 1. The van der Waals surface area contributed by atoms with Crippen molar-refractivity contribution in [2.75, 3.05) is 7.11 Å². The number of aryl methyl sites for hydroxylation is 2. The maximum absolute atomic E-state index is 12.6. The molecule has 1 amide bonds. The molecule has 0 aliphatic rings. The highest BCUT2D eigenvalue weighted by molar-refractivity contribution is 14.2. The van der Waals surface area contributed by atoms with E-state index in [4.69, 9.17) is 22.5 Å². The largest absolute Gasteiger partial charge is 0.497 e. The quantitative estimate of drug-likeness (QED) is 0.0888. The van der Waals surface area contributed by atoms with Crippen molar-refractivity contribution in [3.05, 3.63) is 60.5 Å². The Bertz CT molecular complexity index is 2260. The van der Waals surface area contributed by atoms with Crippen LogP contribution >= 0.6 is 62.0 Å². The Morgan fingerprint density at radius 1 is 0.958 bits per heavy atom. The lowest BCUT2D eigenvalue weighted by molar-refractivity contribution is 0.0954. The van der Waals surface area contributed by atoms with Gasteiger partial charge in [-0.1, -0.05) is 21.9 Å². The molecule has 1 N–H and O–H groups in total. The summed E-state index contributed by atoms with van der Waals surface area (Å²) in [6.45, 7) is 4.52. The highest BCUT2D eigenvalue weighted by Crippen LogP contribution is 2.33. The number of benzene rings is 1. The number of nitroso groups, excluding NO2 is 1. The lowest BCUT2D eigenvalue weighted by atomic mass is 10.2. The summed E-state index contributed by atoms with van der Waals surface area (Å²) in [4.78, 5) is 27.8. The van der Waals surface area contributed by atoms with Gasteiger partial charge in [-0.3, -0.25) is 4.79 Å². The van der Waals surface area contributed by atoms with Gasteiger partial charge < -0.3 is 10.1 Å². The van der Waals surface area contributed by atoms with Gasteiger partial charge >= 0.3 is 0 Å². The van der Waals surface area contributed by atoms with Crippen LogP contribution in [0.15, 0.2) is 38.9 Å². The van der Waals surface area contributed by atoms with Gasteiger partial charge in [-0.25, -0.2) is 8.05 Å². The van der Waals surface area contributed by atoms with Gasteiger partial charge in [-0.15, -0.1) is 29.1 Å². The molecule has 0 aliphatic heterocycles. The number of hydrogen-bond acceptors (Lipinski definition) is 7. The first-order chi connectivity index (χ1) is 23.2. The van der Waals surface area contributed by atoms with Crippen molar-refractivity contribution in [2.45, 2.75) is 20.4 Å². The minimum absolute atomic E-state index is 0. The molecular formula is C36H34I2N4O4S2. The van der Waals surface area contributed by atoms with Crippen molar-refractivity contribution < 1.29 is 22.6 Å². The van der Waals surface area contributed by atoms with E-state index in [-0.39, 0.29) is 15.9 Å². The van der Waals surface area contributed by atoms with Crippen LogP contribution in [0.4, 0.5) is 0 Å². The van der Waals surface area contributed by atoms with Crippen LogP contribution in [0, 0.1) is 130 Å². The van der Waals surface area contributed by atoms with Gasteiger partial charge in [0.25, 0.3) is 24.2 Å². The van der Waals surface area contributed by atoms with Crippen molar-refractivity contribution in [1.82, 2.24) is 10.3 Å². The minimum Gasteiger partial charge on any atom is -0.497 e. The molecule has 0 saturated heterocycles. The number of aromatic nitrogens is 1. The predicted octanol–water partition coefficient (Wildman–Crippen LogP) is 8.00. The second-order valence-electron chi connectivity index (χ2n) is 7.95. The van der Waals surface area contributed by atoms with Crippen LogP contribution < -0.4 is 10.1 Å². The molecule has 2 aromatic heterocycles. The SMILES string of the molecule is C#CC#CC#CC#CC#CC#CC#CC#CC#C.COc1ccc(CNC(=O)c2sc3nc(C)cc(C)c3c2I)cc1.O=NN=I(=O)S.[HH].[HH].[HH].[HH].[HH].[HH].[HH]. The first kappa shape index (κ1) is 40.7. The predicted molar refractivity (Wildman–Crippen MR) is 225 cm³/mol. The molecule has 0 radical (unpaired) electrons. The third-order valence-corrected chi connectivity index (χ3v) is 8.33. The lowest BCUT2D eigenvalue weighted by Crippen LogP contribution is -2.22. The van der Waals surface area contributed by atoms with Gasteiger partial charge in [0.2, 0.25) is 0 Å². The number of nitrogens with one attached hydrogen (secondary N) is 1. The molecule has 0 aliphatic carbocycles. The number of halogens is 2. The van der Waals surface area contributed by atoms with Crippen LogP contribution in [0.1, 0.15) is 36.5 Å². The van der Waals surface area contributed by atoms with Gasteiger partial charge in [0.05, 0.1) is 12.4 Å². The number of carbonyl (C=O) groups is 1. The van der Waals surface area contributed by atoms with E-state index in [0.717, 1.165) is 41.2 Å². The molecule has 0 fully saturated rings. The Kier molecular flexibility index (Phi) is 21.0. The molecule has 0 spiro atoms. The number of rotatable bonds is 5. The first-order valence-electron chi connectivity index (χ1n) is 12.7. The molecule has 0 unspecified atom stereocenters. The summed E-state index contributed by atoms with van der Waals surface area (Å²) in [6.07, 6.45) is 9.76. The molecule has 1 aromatic carbocycles. The number of hydrogen-bond donors (Lipinski definition) is 2. The first-order valence-corrected chi connectivity index (χ1v) is 19.6. The van der Waals surface area contributed by atoms with Gasteiger partial charge in [0, 0.05) is 31.2 Å². The molecule has 3 rings (SSSR count). The second kappa shape index (κ2) is 24.8. The smallest absolute Gasteiger partial charge is 0.266 e. The number of terminal acetylenes is 2. The average molecular weight is 905 g/mol. The van der Waals surface area contributed by atoms with Crippen molar-refractivity contribution in [3.8, 4) is 113 Å². The minimum atomic E-state index is -2.72. The molecule has 248 valence electrons. The van der Waals surface area contributed by atoms with Gasteiger partial charge in [-0.2, -0.15) is 0 Å². The monoisotopic (exact) mass is 904 g/mol. The van der Waals surface area contributed by atoms with Gasteiger partial charge in [0.1, 0.15) is 15.5 Å². The van der Waals surface area contributed by atoms with Crippen LogP contribution in [0.25, 0.3) is 10.2 Å². The number of methoxy groups -OCH3 is 1. The van der Waals surface area contributed by atoms with E-state index in [1.54, 1.807) is 7.11 Å². The van der Waals surface area contributed by atoms with Gasteiger partial charge in [-0.05, 0) is 164 Å². The Morgan fingerprint density at radius 2 is 1.44 bits per heavy atom. The van der Waals surface area contributed by atoms with Crippen LogP contribution in [0.5, 0.6) is 5.75 Å². The summed E-state index contributed by atoms with van der Waals surface area (Å²) in [7, 11) is 4.96. The van der Waals surface area contributed by atoms with Crippen molar-refractivity contribution >= 4 is 78.1 Å². The van der Waals surface area contributed by atoms with E-state index in [0.29, 0.717) is 6.54 Å². The molecule has 0 saturated carbocycles. The summed E-state index contributed by atoms with van der Waals surface area (Å²) in [5.74, 6) is 39.0. The van der Waals surface area contributed by atoms with Crippen LogP contribution in [0.2, 0.25) is 0 Å². The number of nitrogens with zero attached hydrogens (tertiary/aromatic N) is 3. The van der Waals surface area contributed by atoms with Crippen LogP contribution in [-0.2, 0) is 9.61 Å². The number of fused-ring (bicyclic) bond motifs is 1. The van der Waals surface area contributed by atoms with E-state index in [1.807, 2.05) is 36.5 Å². The highest BCUT2D eigenvalue weighted by Gasteiger charge is 2.19. The maximum atomic E-state index is 12.6. The number of pyridine rings is 1. The second-order valence-corrected chi connectivity index (χ2v) is 13.6. The van der Waals surface area contributed by atoms with E-state index >= 15 is 0 Å². The van der Waals surface area contributed by atoms with Crippen molar-refractivity contribution in [1.29, 1.82) is 0 Å². The molecule has 0 atom stereocenters. The maximum Gasteiger partial charge on any atom is 0.266 e. The summed E-state index contributed by atoms with van der Waals surface area (Å²) >= 11 is 0.977. The fourth-order valence-electron chi connectivity index (χ4n) is 3.02. The molecule has 3 aromatic rings. The number of carbonyl (C=O) groups excluding carboxylic acids is 1. The average Bonchev–Trinajstić information content (AvgIpc) is 3.40. The lowest BCUT2D eigenvalue weighted by Gasteiger charge is -2.05. The van der Waals surface area contributed by atoms with Crippen molar-refractivity contribution in [2.24, 2.45) is 8.54 Å². The molecule has 48 heavy (non-hydrogen) atoms. The molecule has 0 bridgehead atoms. The fourth-order valence-corrected chi connectivity index (χ4v) is 5.90. The van der Waals surface area contributed by atoms with E-state index in [9.17, 15) is 7.86 Å². The standard InChI is InChI=1S/C18H17IN2O2S.C18H2.HIN2O2S.7H2/c1-10-8-11(2)21-18-14(10)15(19)16(24-18)17(22)20-9-12-4-6-13(23-3)7-5-12;1-3-5-7-9-11-13-15-17-18-16-14-12-10-8-6-4-2;4-1(6)2-3-5;;;;;;;/h4-8H,9H2,1-3H3,(H,20,22);1-2H;(H,2,4,5,6);7*1H. The van der Waals surface area contributed by atoms with Crippen LogP contribution in [-0.4, -0.2) is 18.0 Å². The topological polar surface area (TPSA) is 110 Å². The molecule has 12 heteroatoms. The molecule has 8 nitrogen and oxygen atoms in total. The summed E-state index contributed by atoms with van der Waals surface area (Å²) in [5.41, 5.74) is 3.17. The normalized spacial score (nSPS) is 8.56. The van der Waals surface area contributed by atoms with Crippen molar-refractivity contribution in [3.63, 3.8) is 0 Å². The third-order valence-electron chi connectivity index (χ3n) is 4.80. The summed E-state index contributed by atoms with van der Waals surface area (Å²) in [5, 5.41) is 6.06. The van der Waals surface area contributed by atoms with E-state index in [2.05, 4.69) is 154 Å². The van der Waals surface area contributed by atoms with E-state index < -0.39 is 18.2 Å². The Balaban J connectivity index is -0.000000134. The molecule has 2 heterocycles. The van der Waals surface area contributed by atoms with Gasteiger partial charge in [0.15, 0.2) is 0 Å².